The molecule has 21 heavy (non-hydrogen) atoms. The lowest BCUT2D eigenvalue weighted by Gasteiger charge is -2.14. The number of hydrogen-bond donors (Lipinski definition) is 1. The van der Waals surface area contributed by atoms with E-state index in [4.69, 9.17) is 0 Å². The predicted molar refractivity (Wildman–Crippen MR) is 84.6 cm³/mol. The van der Waals surface area contributed by atoms with E-state index in [1.165, 1.54) is 11.1 Å². The van der Waals surface area contributed by atoms with Crippen molar-refractivity contribution in [3.8, 4) is 0 Å². The summed E-state index contributed by atoms with van der Waals surface area (Å²) in [5, 5.41) is 0.308. The highest BCUT2D eigenvalue weighted by atomic mass is 32.2. The van der Waals surface area contributed by atoms with Gasteiger partial charge >= 0.3 is 5.16 Å². The summed E-state index contributed by atoms with van der Waals surface area (Å²) in [6, 6.07) is 9.71. The highest BCUT2D eigenvalue weighted by Gasteiger charge is 2.26. The zero-order valence-electron chi connectivity index (χ0n) is 12.3. The summed E-state index contributed by atoms with van der Waals surface area (Å²) in [6.07, 6.45) is 1.72. The van der Waals surface area contributed by atoms with E-state index in [2.05, 4.69) is 28.8 Å². The van der Waals surface area contributed by atoms with Crippen molar-refractivity contribution in [1.82, 2.24) is 15.0 Å². The third-order valence-electron chi connectivity index (χ3n) is 3.69. The number of imidazole rings is 1. The third-order valence-corrected chi connectivity index (χ3v) is 5.15. The van der Waals surface area contributed by atoms with E-state index in [-0.39, 0.29) is 5.25 Å². The number of hydrogen-bond acceptors (Lipinski definition) is 3. The van der Waals surface area contributed by atoms with E-state index in [9.17, 15) is 4.55 Å². The molecule has 0 bridgehead atoms. The summed E-state index contributed by atoms with van der Waals surface area (Å²) in [4.78, 5) is 11.9. The molecule has 5 heteroatoms. The molecule has 2 unspecified atom stereocenters. The number of fused-ring (bicyclic) bond motifs is 1. The van der Waals surface area contributed by atoms with Crippen LogP contribution >= 0.6 is 0 Å². The van der Waals surface area contributed by atoms with Crippen LogP contribution < -0.4 is 0 Å². The minimum Gasteiger partial charge on any atom is -0.608 e. The van der Waals surface area contributed by atoms with E-state index in [0.717, 1.165) is 16.7 Å². The Morgan fingerprint density at radius 1 is 1.19 bits per heavy atom. The molecule has 0 saturated heterocycles. The van der Waals surface area contributed by atoms with Crippen LogP contribution in [-0.4, -0.2) is 19.5 Å². The van der Waals surface area contributed by atoms with Crippen molar-refractivity contribution in [1.29, 1.82) is 0 Å². The molecule has 0 radical (unpaired) electrons. The highest BCUT2D eigenvalue weighted by molar-refractivity contribution is 7.91. The average molecular weight is 299 g/mol. The van der Waals surface area contributed by atoms with Gasteiger partial charge in [0.25, 0.3) is 0 Å². The number of pyridine rings is 1. The van der Waals surface area contributed by atoms with Gasteiger partial charge in [0.15, 0.2) is 5.25 Å². The molecule has 0 aliphatic carbocycles. The lowest BCUT2D eigenvalue weighted by molar-refractivity contribution is 0.577. The number of H-pyrrole nitrogens is 1. The average Bonchev–Trinajstić information content (AvgIpc) is 2.90. The lowest BCUT2D eigenvalue weighted by atomic mass is 10.1. The lowest BCUT2D eigenvalue weighted by Crippen LogP contribution is -2.13. The Kier molecular flexibility index (Phi) is 3.69. The van der Waals surface area contributed by atoms with Crippen molar-refractivity contribution in [2.75, 3.05) is 0 Å². The quantitative estimate of drug-likeness (QED) is 0.753. The Morgan fingerprint density at radius 2 is 1.95 bits per heavy atom. The normalized spacial score (nSPS) is 14.3. The Bertz CT molecular complexity index is 731. The van der Waals surface area contributed by atoms with Gasteiger partial charge in [-0.25, -0.2) is 0 Å². The number of benzene rings is 1. The molecule has 0 saturated carbocycles. The SMILES string of the molecule is Cc1cc2nc([S+]([O-])C(C)c3ccccn3)[nH]c2cc1C. The van der Waals surface area contributed by atoms with Gasteiger partial charge in [0.1, 0.15) is 0 Å². The number of aryl methyl sites for hydroxylation is 2. The van der Waals surface area contributed by atoms with Gasteiger partial charge in [-0.15, -0.1) is 0 Å². The van der Waals surface area contributed by atoms with E-state index < -0.39 is 11.2 Å². The molecular weight excluding hydrogens is 282 g/mol. The molecule has 0 spiro atoms. The van der Waals surface area contributed by atoms with Crippen LogP contribution in [0.4, 0.5) is 0 Å². The molecule has 0 amide bonds. The monoisotopic (exact) mass is 299 g/mol. The van der Waals surface area contributed by atoms with Gasteiger partial charge in [-0.05, 0) is 56.2 Å². The molecule has 0 aliphatic heterocycles. The zero-order valence-corrected chi connectivity index (χ0v) is 13.1. The van der Waals surface area contributed by atoms with Crippen molar-refractivity contribution in [2.45, 2.75) is 31.2 Å². The molecule has 2 heterocycles. The van der Waals surface area contributed by atoms with Gasteiger partial charge < -0.3 is 4.55 Å². The predicted octanol–water partition coefficient (Wildman–Crippen LogP) is 3.44. The summed E-state index contributed by atoms with van der Waals surface area (Å²) < 4.78 is 12.7. The highest BCUT2D eigenvalue weighted by Crippen LogP contribution is 2.27. The fraction of sp³-hybridized carbons (Fsp3) is 0.250. The third kappa shape index (κ3) is 2.66. The maximum absolute atomic E-state index is 12.7. The molecule has 2 aromatic heterocycles. The second-order valence-corrected chi connectivity index (χ2v) is 6.88. The minimum absolute atomic E-state index is 0.200. The first-order valence-electron chi connectivity index (χ1n) is 6.84. The Hall–Kier alpha value is -1.85. The minimum atomic E-state index is -1.25. The molecule has 4 nitrogen and oxygen atoms in total. The summed E-state index contributed by atoms with van der Waals surface area (Å²) in [6.45, 7) is 6.02. The molecule has 3 aromatic rings. The molecule has 0 aliphatic rings. The Morgan fingerprint density at radius 3 is 2.67 bits per heavy atom. The first-order valence-corrected chi connectivity index (χ1v) is 8.06. The molecule has 2 atom stereocenters. The molecule has 3 rings (SSSR count). The summed E-state index contributed by atoms with van der Waals surface area (Å²) in [7, 11) is 0. The molecule has 1 aromatic carbocycles. The van der Waals surface area contributed by atoms with Crippen LogP contribution in [0.25, 0.3) is 11.0 Å². The van der Waals surface area contributed by atoms with Gasteiger partial charge in [-0.1, -0.05) is 6.07 Å². The second kappa shape index (κ2) is 5.50. The Balaban J connectivity index is 1.96. The van der Waals surface area contributed by atoms with Crippen LogP contribution in [0.1, 0.15) is 29.0 Å². The van der Waals surface area contributed by atoms with Gasteiger partial charge in [0, 0.05) is 17.4 Å². The van der Waals surface area contributed by atoms with Crippen molar-refractivity contribution < 1.29 is 4.55 Å². The molecule has 108 valence electrons. The zero-order chi connectivity index (χ0) is 15.0. The van der Waals surface area contributed by atoms with Crippen molar-refractivity contribution >= 4 is 22.2 Å². The summed E-state index contributed by atoms with van der Waals surface area (Å²) in [5.41, 5.74) is 4.97. The van der Waals surface area contributed by atoms with Crippen molar-refractivity contribution in [3.63, 3.8) is 0 Å². The van der Waals surface area contributed by atoms with E-state index in [1.807, 2.05) is 37.3 Å². The fourth-order valence-electron chi connectivity index (χ4n) is 2.23. The van der Waals surface area contributed by atoms with Crippen LogP contribution in [0, 0.1) is 13.8 Å². The molecular formula is C16H17N3OS. The summed E-state index contributed by atoms with van der Waals surface area (Å²) >= 11 is -1.25. The maximum Gasteiger partial charge on any atom is 0.322 e. The number of nitrogens with zero attached hydrogens (tertiary/aromatic N) is 2. The Labute approximate surface area is 126 Å². The van der Waals surface area contributed by atoms with Crippen molar-refractivity contribution in [3.05, 3.63) is 53.3 Å². The van der Waals surface area contributed by atoms with Crippen LogP contribution in [-0.2, 0) is 11.2 Å². The van der Waals surface area contributed by atoms with Gasteiger partial charge in [0.05, 0.1) is 16.7 Å². The smallest absolute Gasteiger partial charge is 0.322 e. The maximum atomic E-state index is 12.7. The van der Waals surface area contributed by atoms with Crippen LogP contribution in [0.15, 0.2) is 41.7 Å². The fourth-order valence-corrected chi connectivity index (χ4v) is 3.33. The largest absolute Gasteiger partial charge is 0.608 e. The van der Waals surface area contributed by atoms with Gasteiger partial charge in [-0.2, -0.15) is 4.98 Å². The first-order chi connectivity index (χ1) is 10.1. The molecule has 1 N–H and O–H groups in total. The van der Waals surface area contributed by atoms with Crippen LogP contribution in [0.5, 0.6) is 0 Å². The van der Waals surface area contributed by atoms with Crippen molar-refractivity contribution in [2.24, 2.45) is 0 Å². The number of rotatable bonds is 3. The van der Waals surface area contributed by atoms with Gasteiger partial charge in [0.2, 0.25) is 0 Å². The number of aromatic amines is 1. The summed E-state index contributed by atoms with van der Waals surface area (Å²) in [5.74, 6) is 0. The first kappa shape index (κ1) is 14.1. The van der Waals surface area contributed by atoms with Crippen LogP contribution in [0.2, 0.25) is 0 Å². The number of aromatic nitrogens is 3. The van der Waals surface area contributed by atoms with E-state index in [1.54, 1.807) is 6.20 Å². The molecule has 0 fully saturated rings. The van der Waals surface area contributed by atoms with E-state index in [0.29, 0.717) is 5.16 Å². The van der Waals surface area contributed by atoms with E-state index >= 15 is 0 Å². The second-order valence-electron chi connectivity index (χ2n) is 5.19. The number of nitrogens with one attached hydrogen (secondary N) is 1. The topological polar surface area (TPSA) is 64.6 Å². The van der Waals surface area contributed by atoms with Crippen LogP contribution in [0.3, 0.4) is 0 Å². The standard InChI is InChI=1S/C16H17N3OS/c1-10-8-14-15(9-11(10)2)19-16(18-14)21(20)12(3)13-6-4-5-7-17-13/h4-9,12H,1-3H3,(H,18,19). The van der Waals surface area contributed by atoms with Gasteiger partial charge in [-0.3, -0.25) is 9.97 Å².